The largest absolute Gasteiger partial charge is 0.371 e. The molecule has 14 heavy (non-hydrogen) atoms. The quantitative estimate of drug-likeness (QED) is 0.729. The first-order chi connectivity index (χ1) is 6.74. The fourth-order valence-electron chi connectivity index (χ4n) is 1.71. The van der Waals surface area contributed by atoms with Gasteiger partial charge in [-0.15, -0.1) is 0 Å². The van der Waals surface area contributed by atoms with Crippen LogP contribution in [0.4, 0.5) is 5.69 Å². The number of hydrogen-bond donors (Lipinski definition) is 0. The van der Waals surface area contributed by atoms with Crippen LogP contribution >= 0.6 is 0 Å². The lowest BCUT2D eigenvalue weighted by Crippen LogP contribution is -2.23. The lowest BCUT2D eigenvalue weighted by Gasteiger charge is -2.24. The summed E-state index contributed by atoms with van der Waals surface area (Å²) in [6.07, 6.45) is 0. The van der Waals surface area contributed by atoms with E-state index in [1.165, 1.54) is 5.56 Å². The lowest BCUT2D eigenvalue weighted by molar-refractivity contribution is 0.860. The van der Waals surface area contributed by atoms with Gasteiger partial charge in [-0.25, -0.2) is 0 Å². The van der Waals surface area contributed by atoms with Crippen molar-refractivity contribution in [2.24, 2.45) is 0 Å². The average Bonchev–Trinajstić information content (AvgIpc) is 2.22. The molecule has 0 atom stereocenters. The van der Waals surface area contributed by atoms with Crippen molar-refractivity contribution in [2.75, 3.05) is 18.0 Å². The van der Waals surface area contributed by atoms with Crippen LogP contribution in [0.3, 0.4) is 0 Å². The van der Waals surface area contributed by atoms with E-state index in [1.54, 1.807) is 0 Å². The molecule has 0 spiro atoms. The van der Waals surface area contributed by atoms with E-state index in [-0.39, 0.29) is 0 Å². The number of para-hydroxylation sites is 1. The van der Waals surface area contributed by atoms with E-state index in [4.69, 9.17) is 5.26 Å². The molecular weight excluding hydrogens is 172 g/mol. The number of hydrogen-bond acceptors (Lipinski definition) is 2. The number of anilines is 1. The highest BCUT2D eigenvalue weighted by Crippen LogP contribution is 2.23. The van der Waals surface area contributed by atoms with Gasteiger partial charge < -0.3 is 4.90 Å². The predicted molar refractivity (Wildman–Crippen MR) is 59.5 cm³/mol. The standard InChI is InChI=1S/C12H16N2/c1-4-14(5-2)12-10(3)7-6-8-11(12)9-13/h6-8H,4-5H2,1-3H3. The Labute approximate surface area is 85.8 Å². The van der Waals surface area contributed by atoms with E-state index in [0.29, 0.717) is 0 Å². The second-order valence-corrected chi connectivity index (χ2v) is 3.26. The molecule has 1 aromatic carbocycles. The minimum atomic E-state index is 0.772. The molecule has 0 radical (unpaired) electrons. The SMILES string of the molecule is CCN(CC)c1c(C)cccc1C#N. The minimum Gasteiger partial charge on any atom is -0.371 e. The molecule has 0 aliphatic rings. The van der Waals surface area contributed by atoms with Crippen LogP contribution in [-0.4, -0.2) is 13.1 Å². The van der Waals surface area contributed by atoms with Crippen molar-refractivity contribution in [3.05, 3.63) is 29.3 Å². The Balaban J connectivity index is 3.23. The summed E-state index contributed by atoms with van der Waals surface area (Å²) in [7, 11) is 0. The number of nitrogens with zero attached hydrogens (tertiary/aromatic N) is 2. The number of rotatable bonds is 3. The summed E-state index contributed by atoms with van der Waals surface area (Å²) >= 11 is 0. The monoisotopic (exact) mass is 188 g/mol. The summed E-state index contributed by atoms with van der Waals surface area (Å²) in [5, 5.41) is 9.01. The zero-order valence-electron chi connectivity index (χ0n) is 9.04. The van der Waals surface area contributed by atoms with Crippen LogP contribution in [-0.2, 0) is 0 Å². The van der Waals surface area contributed by atoms with Gasteiger partial charge in [0.15, 0.2) is 0 Å². The molecule has 0 aliphatic carbocycles. The second-order valence-electron chi connectivity index (χ2n) is 3.26. The summed E-state index contributed by atoms with van der Waals surface area (Å²) in [6, 6.07) is 8.10. The molecule has 0 bridgehead atoms. The molecule has 0 unspecified atom stereocenters. The first kappa shape index (κ1) is 10.6. The van der Waals surface area contributed by atoms with Crippen LogP contribution in [0.1, 0.15) is 25.0 Å². The van der Waals surface area contributed by atoms with Crippen molar-refractivity contribution in [3.8, 4) is 6.07 Å². The Bertz CT molecular complexity index is 346. The highest BCUT2D eigenvalue weighted by atomic mass is 15.1. The van der Waals surface area contributed by atoms with E-state index in [2.05, 4.69) is 37.8 Å². The normalized spacial score (nSPS) is 9.57. The maximum Gasteiger partial charge on any atom is 0.101 e. The number of benzene rings is 1. The highest BCUT2D eigenvalue weighted by Gasteiger charge is 2.09. The molecule has 1 rings (SSSR count). The molecule has 0 heterocycles. The van der Waals surface area contributed by atoms with E-state index in [9.17, 15) is 0 Å². The van der Waals surface area contributed by atoms with Gasteiger partial charge >= 0.3 is 0 Å². The summed E-state index contributed by atoms with van der Waals surface area (Å²) in [4.78, 5) is 2.22. The van der Waals surface area contributed by atoms with Crippen molar-refractivity contribution < 1.29 is 0 Å². The van der Waals surface area contributed by atoms with Crippen molar-refractivity contribution in [2.45, 2.75) is 20.8 Å². The molecule has 0 aliphatic heterocycles. The van der Waals surface area contributed by atoms with Crippen LogP contribution in [0, 0.1) is 18.3 Å². The zero-order valence-corrected chi connectivity index (χ0v) is 9.04. The molecule has 0 aromatic heterocycles. The number of nitriles is 1. The highest BCUT2D eigenvalue weighted by molar-refractivity contribution is 5.63. The molecular formula is C12H16N2. The Morgan fingerprint density at radius 1 is 1.29 bits per heavy atom. The van der Waals surface area contributed by atoms with Crippen LogP contribution in [0.5, 0.6) is 0 Å². The van der Waals surface area contributed by atoms with E-state index in [0.717, 1.165) is 24.3 Å². The molecule has 0 saturated heterocycles. The molecule has 0 N–H and O–H groups in total. The van der Waals surface area contributed by atoms with Gasteiger partial charge in [0.2, 0.25) is 0 Å². The fraction of sp³-hybridized carbons (Fsp3) is 0.417. The molecule has 0 fully saturated rings. The van der Waals surface area contributed by atoms with Gasteiger partial charge in [-0.05, 0) is 32.4 Å². The fourth-order valence-corrected chi connectivity index (χ4v) is 1.71. The van der Waals surface area contributed by atoms with E-state index in [1.807, 2.05) is 12.1 Å². The minimum absolute atomic E-state index is 0.772. The Kier molecular flexibility index (Phi) is 3.53. The molecule has 2 nitrogen and oxygen atoms in total. The first-order valence-electron chi connectivity index (χ1n) is 4.99. The van der Waals surface area contributed by atoms with Crippen LogP contribution in [0.2, 0.25) is 0 Å². The summed E-state index contributed by atoms with van der Waals surface area (Å²) in [6.45, 7) is 8.15. The molecule has 74 valence electrons. The van der Waals surface area contributed by atoms with Crippen molar-refractivity contribution in [1.29, 1.82) is 5.26 Å². The van der Waals surface area contributed by atoms with Crippen LogP contribution in [0.25, 0.3) is 0 Å². The van der Waals surface area contributed by atoms with Crippen molar-refractivity contribution >= 4 is 5.69 Å². The maximum atomic E-state index is 9.01. The van der Waals surface area contributed by atoms with Gasteiger partial charge in [0, 0.05) is 13.1 Å². The van der Waals surface area contributed by atoms with Gasteiger partial charge in [-0.3, -0.25) is 0 Å². The van der Waals surface area contributed by atoms with E-state index >= 15 is 0 Å². The van der Waals surface area contributed by atoms with Crippen molar-refractivity contribution in [1.82, 2.24) is 0 Å². The third-order valence-electron chi connectivity index (χ3n) is 2.44. The third kappa shape index (κ3) is 1.88. The van der Waals surface area contributed by atoms with Crippen LogP contribution < -0.4 is 4.90 Å². The first-order valence-corrected chi connectivity index (χ1v) is 4.99. The van der Waals surface area contributed by atoms with Gasteiger partial charge in [0.1, 0.15) is 6.07 Å². The van der Waals surface area contributed by atoms with Gasteiger partial charge in [0.05, 0.1) is 11.3 Å². The van der Waals surface area contributed by atoms with Gasteiger partial charge in [-0.2, -0.15) is 5.26 Å². The van der Waals surface area contributed by atoms with Crippen LogP contribution in [0.15, 0.2) is 18.2 Å². The topological polar surface area (TPSA) is 27.0 Å². The Morgan fingerprint density at radius 2 is 1.93 bits per heavy atom. The number of aryl methyl sites for hydroxylation is 1. The van der Waals surface area contributed by atoms with Gasteiger partial charge in [0.25, 0.3) is 0 Å². The summed E-state index contributed by atoms with van der Waals surface area (Å²) < 4.78 is 0. The summed E-state index contributed by atoms with van der Waals surface area (Å²) in [5.41, 5.74) is 3.03. The molecule has 1 aromatic rings. The van der Waals surface area contributed by atoms with Gasteiger partial charge in [-0.1, -0.05) is 12.1 Å². The Morgan fingerprint density at radius 3 is 2.43 bits per heavy atom. The maximum absolute atomic E-state index is 9.01. The zero-order chi connectivity index (χ0) is 10.6. The molecule has 0 saturated carbocycles. The lowest BCUT2D eigenvalue weighted by atomic mass is 10.1. The second kappa shape index (κ2) is 4.66. The summed E-state index contributed by atoms with van der Waals surface area (Å²) in [5.74, 6) is 0. The smallest absolute Gasteiger partial charge is 0.101 e. The molecule has 0 amide bonds. The van der Waals surface area contributed by atoms with Crippen molar-refractivity contribution in [3.63, 3.8) is 0 Å². The Hall–Kier alpha value is -1.49. The third-order valence-corrected chi connectivity index (χ3v) is 2.44. The predicted octanol–water partition coefficient (Wildman–Crippen LogP) is 2.71. The average molecular weight is 188 g/mol. The molecule has 2 heteroatoms. The van der Waals surface area contributed by atoms with E-state index < -0.39 is 0 Å².